The summed E-state index contributed by atoms with van der Waals surface area (Å²) in [5.41, 5.74) is 13.0. The quantitative estimate of drug-likeness (QED) is 0.775. The standard InChI is InChI=1S/C11H13N5O/c12-10-9-7(1-2-14-10)8(15-11(13)16-9)3-6-4-17-5-6/h1-2,6H,3-5H2,(H2,12,14)(H2,13,15,16). The molecule has 88 valence electrons. The van der Waals surface area contributed by atoms with Crippen molar-refractivity contribution in [2.45, 2.75) is 6.42 Å². The van der Waals surface area contributed by atoms with E-state index in [0.29, 0.717) is 17.3 Å². The lowest BCUT2D eigenvalue weighted by molar-refractivity contribution is -0.0314. The normalized spacial score (nSPS) is 16.0. The van der Waals surface area contributed by atoms with Crippen LogP contribution in [0.25, 0.3) is 10.9 Å². The molecule has 0 unspecified atom stereocenters. The van der Waals surface area contributed by atoms with Gasteiger partial charge in [-0.05, 0) is 12.5 Å². The van der Waals surface area contributed by atoms with Crippen LogP contribution in [0, 0.1) is 5.92 Å². The maximum atomic E-state index is 5.79. The molecule has 1 fully saturated rings. The molecule has 6 nitrogen and oxygen atoms in total. The third-order valence-electron chi connectivity index (χ3n) is 2.93. The molecule has 0 radical (unpaired) electrons. The monoisotopic (exact) mass is 231 g/mol. The highest BCUT2D eigenvalue weighted by Crippen LogP contribution is 2.24. The van der Waals surface area contributed by atoms with Crippen LogP contribution in [0.4, 0.5) is 11.8 Å². The van der Waals surface area contributed by atoms with E-state index < -0.39 is 0 Å². The van der Waals surface area contributed by atoms with Crippen molar-refractivity contribution in [1.29, 1.82) is 0 Å². The summed E-state index contributed by atoms with van der Waals surface area (Å²) in [4.78, 5) is 12.4. The van der Waals surface area contributed by atoms with E-state index in [9.17, 15) is 0 Å². The van der Waals surface area contributed by atoms with Crippen molar-refractivity contribution in [3.05, 3.63) is 18.0 Å². The van der Waals surface area contributed by atoms with Crippen LogP contribution in [0.3, 0.4) is 0 Å². The van der Waals surface area contributed by atoms with Crippen LogP contribution >= 0.6 is 0 Å². The smallest absolute Gasteiger partial charge is 0.220 e. The molecule has 1 saturated heterocycles. The summed E-state index contributed by atoms with van der Waals surface area (Å²) >= 11 is 0. The van der Waals surface area contributed by atoms with Crippen molar-refractivity contribution in [2.75, 3.05) is 24.7 Å². The second-order valence-corrected chi connectivity index (χ2v) is 4.23. The van der Waals surface area contributed by atoms with E-state index in [4.69, 9.17) is 16.2 Å². The lowest BCUT2D eigenvalue weighted by Gasteiger charge is -2.25. The van der Waals surface area contributed by atoms with Gasteiger partial charge in [-0.1, -0.05) is 0 Å². The van der Waals surface area contributed by atoms with E-state index >= 15 is 0 Å². The van der Waals surface area contributed by atoms with E-state index in [-0.39, 0.29) is 5.95 Å². The summed E-state index contributed by atoms with van der Waals surface area (Å²) in [7, 11) is 0. The Morgan fingerprint density at radius 1 is 1.29 bits per heavy atom. The third kappa shape index (κ3) is 1.76. The van der Waals surface area contributed by atoms with Gasteiger partial charge in [-0.3, -0.25) is 0 Å². The van der Waals surface area contributed by atoms with Crippen LogP contribution in [0.1, 0.15) is 5.69 Å². The first-order chi connectivity index (χ1) is 8.24. The molecule has 17 heavy (non-hydrogen) atoms. The van der Waals surface area contributed by atoms with Crippen LogP contribution in [0.5, 0.6) is 0 Å². The number of nitrogens with zero attached hydrogens (tertiary/aromatic N) is 3. The molecule has 4 N–H and O–H groups in total. The van der Waals surface area contributed by atoms with Crippen LogP contribution in [0.15, 0.2) is 12.3 Å². The first-order valence-corrected chi connectivity index (χ1v) is 5.48. The number of anilines is 2. The topological polar surface area (TPSA) is 99.9 Å². The Labute approximate surface area is 98.0 Å². The lowest BCUT2D eigenvalue weighted by atomic mass is 9.99. The molecule has 0 aliphatic carbocycles. The molecule has 1 aliphatic heterocycles. The number of ether oxygens (including phenoxy) is 1. The van der Waals surface area contributed by atoms with Crippen LogP contribution in [-0.4, -0.2) is 28.2 Å². The van der Waals surface area contributed by atoms with E-state index in [1.807, 2.05) is 6.07 Å². The molecule has 0 amide bonds. The largest absolute Gasteiger partial charge is 0.382 e. The number of nitrogens with two attached hydrogens (primary N) is 2. The second-order valence-electron chi connectivity index (χ2n) is 4.23. The molecule has 0 atom stereocenters. The van der Waals surface area contributed by atoms with E-state index in [1.165, 1.54) is 0 Å². The Hall–Kier alpha value is -1.95. The van der Waals surface area contributed by atoms with Gasteiger partial charge in [0.15, 0.2) is 0 Å². The summed E-state index contributed by atoms with van der Waals surface area (Å²) in [6, 6.07) is 1.87. The first-order valence-electron chi connectivity index (χ1n) is 5.48. The fourth-order valence-electron chi connectivity index (χ4n) is 1.99. The van der Waals surface area contributed by atoms with Gasteiger partial charge in [0.05, 0.1) is 18.9 Å². The second kappa shape index (κ2) is 3.81. The molecule has 0 saturated carbocycles. The molecular formula is C11H13N5O. The highest BCUT2D eigenvalue weighted by Gasteiger charge is 2.21. The number of rotatable bonds is 2. The zero-order valence-electron chi connectivity index (χ0n) is 9.26. The molecule has 3 heterocycles. The molecule has 2 aromatic heterocycles. The van der Waals surface area contributed by atoms with Gasteiger partial charge in [0.1, 0.15) is 11.3 Å². The number of hydrogen-bond acceptors (Lipinski definition) is 6. The number of aromatic nitrogens is 3. The maximum Gasteiger partial charge on any atom is 0.220 e. The number of fused-ring (bicyclic) bond motifs is 1. The fraction of sp³-hybridized carbons (Fsp3) is 0.364. The maximum absolute atomic E-state index is 5.79. The molecule has 0 bridgehead atoms. The zero-order chi connectivity index (χ0) is 11.8. The van der Waals surface area contributed by atoms with Gasteiger partial charge in [0.2, 0.25) is 5.95 Å². The summed E-state index contributed by atoms with van der Waals surface area (Å²) in [6.45, 7) is 1.57. The van der Waals surface area contributed by atoms with Gasteiger partial charge in [-0.25, -0.2) is 15.0 Å². The summed E-state index contributed by atoms with van der Waals surface area (Å²) < 4.78 is 5.16. The highest BCUT2D eigenvalue weighted by atomic mass is 16.5. The predicted molar refractivity (Wildman–Crippen MR) is 64.2 cm³/mol. The Morgan fingerprint density at radius 3 is 2.82 bits per heavy atom. The minimum Gasteiger partial charge on any atom is -0.382 e. The minimum absolute atomic E-state index is 0.243. The molecular weight excluding hydrogens is 218 g/mol. The summed E-state index contributed by atoms with van der Waals surface area (Å²) in [5.74, 6) is 1.15. The average molecular weight is 231 g/mol. The highest BCUT2D eigenvalue weighted by molar-refractivity contribution is 5.89. The van der Waals surface area contributed by atoms with Crippen LogP contribution < -0.4 is 11.5 Å². The lowest BCUT2D eigenvalue weighted by Crippen LogP contribution is -2.29. The fourth-order valence-corrected chi connectivity index (χ4v) is 1.99. The van der Waals surface area contributed by atoms with Crippen LogP contribution in [0.2, 0.25) is 0 Å². The Morgan fingerprint density at radius 2 is 2.12 bits per heavy atom. The van der Waals surface area contributed by atoms with Crippen molar-refractivity contribution in [3.8, 4) is 0 Å². The average Bonchev–Trinajstić information content (AvgIpc) is 2.25. The van der Waals surface area contributed by atoms with Crippen molar-refractivity contribution in [2.24, 2.45) is 5.92 Å². The molecule has 0 spiro atoms. The van der Waals surface area contributed by atoms with Gasteiger partial charge >= 0.3 is 0 Å². The first kappa shape index (κ1) is 10.2. The van der Waals surface area contributed by atoms with Crippen LogP contribution in [-0.2, 0) is 11.2 Å². The number of nitrogen functional groups attached to an aromatic ring is 2. The number of pyridine rings is 1. The summed E-state index contributed by atoms with van der Waals surface area (Å²) in [6.07, 6.45) is 2.50. The Bertz CT molecular complexity index is 567. The van der Waals surface area contributed by atoms with Crippen molar-refractivity contribution in [3.63, 3.8) is 0 Å². The Balaban J connectivity index is 2.11. The third-order valence-corrected chi connectivity index (χ3v) is 2.93. The van der Waals surface area contributed by atoms with Gasteiger partial charge in [0, 0.05) is 17.5 Å². The molecule has 1 aliphatic rings. The minimum atomic E-state index is 0.243. The Kier molecular flexibility index (Phi) is 2.29. The predicted octanol–water partition coefficient (Wildman–Crippen LogP) is 0.378. The van der Waals surface area contributed by atoms with Crippen molar-refractivity contribution < 1.29 is 4.74 Å². The van der Waals surface area contributed by atoms with Crippen molar-refractivity contribution >= 4 is 22.7 Å². The van der Waals surface area contributed by atoms with E-state index in [0.717, 1.165) is 30.7 Å². The van der Waals surface area contributed by atoms with Gasteiger partial charge in [0.25, 0.3) is 0 Å². The van der Waals surface area contributed by atoms with E-state index in [1.54, 1.807) is 6.20 Å². The summed E-state index contributed by atoms with van der Waals surface area (Å²) in [5, 5.41) is 0.929. The molecule has 3 rings (SSSR count). The molecule has 0 aromatic carbocycles. The molecule has 2 aromatic rings. The van der Waals surface area contributed by atoms with Gasteiger partial charge in [-0.2, -0.15) is 0 Å². The van der Waals surface area contributed by atoms with Gasteiger partial charge < -0.3 is 16.2 Å². The SMILES string of the molecule is Nc1nc(CC2COC2)c2ccnc(N)c2n1. The number of hydrogen-bond donors (Lipinski definition) is 2. The van der Waals surface area contributed by atoms with E-state index in [2.05, 4.69) is 15.0 Å². The molecule has 6 heteroatoms. The van der Waals surface area contributed by atoms with Gasteiger partial charge in [-0.15, -0.1) is 0 Å². The van der Waals surface area contributed by atoms with Crippen molar-refractivity contribution in [1.82, 2.24) is 15.0 Å². The zero-order valence-corrected chi connectivity index (χ0v) is 9.26.